The summed E-state index contributed by atoms with van der Waals surface area (Å²) in [5, 5.41) is 7.83. The molecule has 77 heavy (non-hydrogen) atoms. The van der Waals surface area contributed by atoms with Gasteiger partial charge < -0.3 is 0 Å². The molecule has 4 heteroatoms. The van der Waals surface area contributed by atoms with Crippen LogP contribution < -0.4 is 0 Å². The summed E-state index contributed by atoms with van der Waals surface area (Å²) in [5.41, 5.74) is 14.4. The van der Waals surface area contributed by atoms with E-state index in [9.17, 15) is 0 Å². The van der Waals surface area contributed by atoms with Crippen molar-refractivity contribution in [2.75, 3.05) is 0 Å². The van der Waals surface area contributed by atoms with Crippen LogP contribution in [0.1, 0.15) is 248 Å². The van der Waals surface area contributed by atoms with Crippen LogP contribution in [0.3, 0.4) is 0 Å². The molecule has 0 amide bonds. The summed E-state index contributed by atoms with van der Waals surface area (Å²) < 4.78 is 0. The van der Waals surface area contributed by atoms with E-state index in [1.54, 1.807) is 0 Å². The number of hydrogen-bond donors (Lipinski definition) is 0. The Morgan fingerprint density at radius 2 is 0.429 bits per heavy atom. The van der Waals surface area contributed by atoms with Crippen LogP contribution in [0.4, 0.5) is 0 Å². The monoisotopic (exact) mass is 1040 g/mol. The van der Waals surface area contributed by atoms with Gasteiger partial charge in [0.25, 0.3) is 0 Å². The Morgan fingerprint density at radius 3 is 0.662 bits per heavy atom. The second kappa shape index (κ2) is 26.0. The van der Waals surface area contributed by atoms with Gasteiger partial charge in [-0.15, -0.1) is 0 Å². The van der Waals surface area contributed by atoms with Gasteiger partial charge in [0.1, 0.15) is 0 Å². The molecule has 8 aromatic rings. The zero-order valence-corrected chi connectivity index (χ0v) is 49.3. The lowest BCUT2D eigenvalue weighted by Crippen LogP contribution is -2.16. The summed E-state index contributed by atoms with van der Waals surface area (Å²) in [6.45, 7) is 54.1. The molecular weight excluding hydrogens is 933 g/mol. The van der Waals surface area contributed by atoms with Gasteiger partial charge in [0.05, 0.1) is 11.0 Å². The smallest absolute Gasteiger partial charge is 0.0742 e. The first-order chi connectivity index (χ1) is 32.8. The SMILES string of the molecule is C.C.C.C.C.CC(C)(C)c1ccc(C(C)(C)C)c2cnccc12.CC(C)(C)c1ccc(C(C)(C)C)c2cnccc12.CC(C)(C)c1ccc(C(C)(C)C)c2ncccc12.CC(C)(C)c1ccc(C(C)(C)C)c2ncccc12. The Labute approximate surface area is 474 Å². The fourth-order valence-electron chi connectivity index (χ4n) is 9.86. The maximum absolute atomic E-state index is 4.62. The zero-order chi connectivity index (χ0) is 54.2. The number of benzene rings is 4. The molecule has 0 atom stereocenters. The van der Waals surface area contributed by atoms with Crippen LogP contribution in [0, 0.1) is 0 Å². The molecule has 0 saturated heterocycles. The lowest BCUT2D eigenvalue weighted by atomic mass is 9.78. The summed E-state index contributed by atoms with van der Waals surface area (Å²) in [4.78, 5) is 17.9. The van der Waals surface area contributed by atoms with Crippen LogP contribution in [0.2, 0.25) is 0 Å². The van der Waals surface area contributed by atoms with Crippen molar-refractivity contribution in [1.82, 2.24) is 19.9 Å². The van der Waals surface area contributed by atoms with E-state index in [1.165, 1.54) is 76.8 Å². The second-order valence-corrected chi connectivity index (χ2v) is 28.3. The van der Waals surface area contributed by atoms with Crippen molar-refractivity contribution < 1.29 is 0 Å². The molecule has 0 fully saturated rings. The van der Waals surface area contributed by atoms with Gasteiger partial charge in [0.15, 0.2) is 0 Å². The van der Waals surface area contributed by atoms with Crippen molar-refractivity contribution in [2.45, 2.75) is 247 Å². The van der Waals surface area contributed by atoms with E-state index in [2.05, 4.69) is 259 Å². The average molecular weight is 1050 g/mol. The molecule has 4 aromatic carbocycles. The van der Waals surface area contributed by atoms with E-state index in [-0.39, 0.29) is 80.5 Å². The molecule has 4 heterocycles. The first kappa shape index (κ1) is 71.5. The molecule has 0 spiro atoms. The molecule has 4 nitrogen and oxygen atoms in total. The lowest BCUT2D eigenvalue weighted by Gasteiger charge is -2.26. The van der Waals surface area contributed by atoms with Gasteiger partial charge in [-0.1, -0.05) is 264 Å². The van der Waals surface area contributed by atoms with E-state index >= 15 is 0 Å². The first-order valence-corrected chi connectivity index (χ1v) is 26.4. The molecule has 4 aromatic heterocycles. The van der Waals surface area contributed by atoms with Gasteiger partial charge >= 0.3 is 0 Å². The Kier molecular flexibility index (Phi) is 24.1. The first-order valence-electron chi connectivity index (χ1n) is 26.4. The quantitative estimate of drug-likeness (QED) is 0.152. The van der Waals surface area contributed by atoms with E-state index in [0.717, 1.165) is 11.0 Å². The number of nitrogens with zero attached hydrogens (tertiary/aromatic N) is 4. The number of aromatic nitrogens is 4. The van der Waals surface area contributed by atoms with E-state index < -0.39 is 0 Å². The molecule has 0 aliphatic heterocycles. The lowest BCUT2D eigenvalue weighted by molar-refractivity contribution is 0.584. The summed E-state index contributed by atoms with van der Waals surface area (Å²) in [7, 11) is 0. The number of pyridine rings is 4. The van der Waals surface area contributed by atoms with Gasteiger partial charge in [0, 0.05) is 58.7 Å². The highest BCUT2D eigenvalue weighted by molar-refractivity contribution is 5.91. The molecule has 0 saturated carbocycles. The fraction of sp³-hybridized carbons (Fsp3) is 0.507. The van der Waals surface area contributed by atoms with Gasteiger partial charge in [-0.2, -0.15) is 0 Å². The molecule has 0 unspecified atom stereocenters. The highest BCUT2D eigenvalue weighted by Gasteiger charge is 2.27. The zero-order valence-electron chi connectivity index (χ0n) is 49.3. The molecule has 424 valence electrons. The third-order valence-corrected chi connectivity index (χ3v) is 13.6. The standard InChI is InChI=1S/4C17H23N.5CH4/c2*1-16(2,3)14-7-8-15(17(4,5)6)13-11-18-10-9-12(13)14;2*1-16(2,3)13-9-10-14(17(4,5)6)15-12(13)8-7-11-18-15;;;;;/h4*7-11H,1-6H3;5*1H4. The minimum atomic E-state index is 0. The summed E-state index contributed by atoms with van der Waals surface area (Å²) in [5.74, 6) is 0. The van der Waals surface area contributed by atoms with Gasteiger partial charge in [-0.25, -0.2) is 0 Å². The normalized spacial score (nSPS) is 12.2. The second-order valence-electron chi connectivity index (χ2n) is 28.3. The largest absolute Gasteiger partial charge is 0.264 e. The Balaban J connectivity index is 0.000000979. The average Bonchev–Trinajstić information content (AvgIpc) is 3.25. The minimum absolute atomic E-state index is 0. The molecule has 0 aliphatic carbocycles. The van der Waals surface area contributed by atoms with E-state index in [0.29, 0.717) is 0 Å². The third kappa shape index (κ3) is 17.3. The number of rotatable bonds is 0. The van der Waals surface area contributed by atoms with Crippen LogP contribution >= 0.6 is 0 Å². The fourth-order valence-corrected chi connectivity index (χ4v) is 9.86. The molecule has 0 N–H and O–H groups in total. The van der Waals surface area contributed by atoms with Crippen LogP contribution in [0.25, 0.3) is 43.4 Å². The van der Waals surface area contributed by atoms with Crippen LogP contribution in [0.5, 0.6) is 0 Å². The maximum Gasteiger partial charge on any atom is 0.0742 e. The highest BCUT2D eigenvalue weighted by atomic mass is 14.7. The van der Waals surface area contributed by atoms with Crippen molar-refractivity contribution >= 4 is 43.4 Å². The molecule has 0 aliphatic rings. The van der Waals surface area contributed by atoms with E-state index in [4.69, 9.17) is 0 Å². The molecule has 0 bridgehead atoms. The van der Waals surface area contributed by atoms with Crippen molar-refractivity contribution in [3.63, 3.8) is 0 Å². The van der Waals surface area contributed by atoms with Gasteiger partial charge in [0.2, 0.25) is 0 Å². The summed E-state index contributed by atoms with van der Waals surface area (Å²) in [6.07, 6.45) is 11.6. The predicted molar refractivity (Wildman–Crippen MR) is 350 cm³/mol. The Bertz CT molecular complexity index is 2490. The highest BCUT2D eigenvalue weighted by Crippen LogP contribution is 2.39. The van der Waals surface area contributed by atoms with Crippen molar-refractivity contribution in [3.05, 3.63) is 167 Å². The van der Waals surface area contributed by atoms with Crippen molar-refractivity contribution in [3.8, 4) is 0 Å². The topological polar surface area (TPSA) is 51.6 Å². The minimum Gasteiger partial charge on any atom is -0.264 e. The molecular formula is C73H112N4. The van der Waals surface area contributed by atoms with Gasteiger partial charge in [-0.3, -0.25) is 19.9 Å². The van der Waals surface area contributed by atoms with Crippen LogP contribution in [0.15, 0.2) is 122 Å². The maximum atomic E-state index is 4.62. The van der Waals surface area contributed by atoms with Crippen LogP contribution in [-0.4, -0.2) is 19.9 Å². The number of hydrogen-bond acceptors (Lipinski definition) is 4. The third-order valence-electron chi connectivity index (χ3n) is 13.6. The van der Waals surface area contributed by atoms with Gasteiger partial charge in [-0.05, 0) is 123 Å². The molecule has 8 rings (SSSR count). The van der Waals surface area contributed by atoms with Crippen molar-refractivity contribution in [1.29, 1.82) is 0 Å². The van der Waals surface area contributed by atoms with Crippen LogP contribution in [-0.2, 0) is 43.3 Å². The Morgan fingerprint density at radius 1 is 0.221 bits per heavy atom. The summed E-state index contributed by atoms with van der Waals surface area (Å²) >= 11 is 0. The number of fused-ring (bicyclic) bond motifs is 4. The van der Waals surface area contributed by atoms with Crippen molar-refractivity contribution in [2.24, 2.45) is 0 Å². The van der Waals surface area contributed by atoms with E-state index in [1.807, 2.05) is 49.3 Å². The molecule has 0 radical (unpaired) electrons. The predicted octanol–water partition coefficient (Wildman–Crippen LogP) is 22.5. The summed E-state index contributed by atoms with van der Waals surface area (Å²) in [6, 6.07) is 30.9. The Hall–Kier alpha value is -5.48.